The van der Waals surface area contributed by atoms with Gasteiger partial charge in [0.25, 0.3) is 0 Å². The smallest absolute Gasteiger partial charge is 0.180 e. The number of rotatable bonds is 4. The van der Waals surface area contributed by atoms with Crippen LogP contribution in [0.2, 0.25) is 0 Å². The van der Waals surface area contributed by atoms with E-state index in [-0.39, 0.29) is 0 Å². The number of methoxy groups -OCH3 is 2. The van der Waals surface area contributed by atoms with Gasteiger partial charge in [-0.1, -0.05) is 6.07 Å². The monoisotopic (exact) mass is 241 g/mol. The first-order chi connectivity index (χ1) is 7.71. The van der Waals surface area contributed by atoms with Crippen LogP contribution in [0.5, 0.6) is 11.5 Å². The second kappa shape index (κ2) is 6.14. The fourth-order valence-corrected chi connectivity index (χ4v) is 1.30. The van der Waals surface area contributed by atoms with Gasteiger partial charge in [-0.15, -0.1) is 0 Å². The summed E-state index contributed by atoms with van der Waals surface area (Å²) in [5.74, 6) is 6.53. The molecule has 0 unspecified atom stereocenters. The van der Waals surface area contributed by atoms with Crippen LogP contribution in [0.3, 0.4) is 0 Å². The van der Waals surface area contributed by atoms with Crippen molar-refractivity contribution in [2.24, 2.45) is 5.84 Å². The maximum Gasteiger partial charge on any atom is 0.180 e. The van der Waals surface area contributed by atoms with Gasteiger partial charge in [-0.3, -0.25) is 0 Å². The van der Waals surface area contributed by atoms with Gasteiger partial charge in [-0.05, 0) is 29.9 Å². The fourth-order valence-electron chi connectivity index (χ4n) is 1.22. The zero-order valence-corrected chi connectivity index (χ0v) is 10.1. The van der Waals surface area contributed by atoms with Crippen LogP contribution < -0.4 is 26.1 Å². The van der Waals surface area contributed by atoms with E-state index in [1.807, 2.05) is 18.2 Å². The quantitative estimate of drug-likeness (QED) is 0.406. The molecule has 0 heterocycles. The molecule has 1 aromatic carbocycles. The third-order valence-electron chi connectivity index (χ3n) is 2.03. The standard InChI is InChI=1S/C10H15N3O2S/c1-14-8-4-3-7(5-9(8)15-2)6-12-10(16)13-11/h3-5H,6,11H2,1-2H3,(H2,12,13,16). The van der Waals surface area contributed by atoms with Gasteiger partial charge in [-0.2, -0.15) is 0 Å². The Bertz CT molecular complexity index is 371. The molecule has 0 spiro atoms. The van der Waals surface area contributed by atoms with Gasteiger partial charge in [0.2, 0.25) is 0 Å². The van der Waals surface area contributed by atoms with E-state index in [4.69, 9.17) is 27.5 Å². The lowest BCUT2D eigenvalue weighted by atomic mass is 10.2. The maximum absolute atomic E-state index is 5.18. The molecule has 0 radical (unpaired) electrons. The van der Waals surface area contributed by atoms with Gasteiger partial charge in [0, 0.05) is 6.54 Å². The van der Waals surface area contributed by atoms with Crippen LogP contribution in [-0.2, 0) is 6.54 Å². The van der Waals surface area contributed by atoms with E-state index in [0.29, 0.717) is 23.2 Å². The average Bonchev–Trinajstić information content (AvgIpc) is 2.35. The summed E-state index contributed by atoms with van der Waals surface area (Å²) in [6.07, 6.45) is 0. The number of nitrogens with one attached hydrogen (secondary N) is 2. The van der Waals surface area contributed by atoms with Crippen molar-refractivity contribution in [3.63, 3.8) is 0 Å². The van der Waals surface area contributed by atoms with Crippen LogP contribution in [0.25, 0.3) is 0 Å². The minimum atomic E-state index is 0.398. The van der Waals surface area contributed by atoms with E-state index >= 15 is 0 Å². The number of nitrogens with two attached hydrogens (primary N) is 1. The zero-order valence-electron chi connectivity index (χ0n) is 9.24. The Morgan fingerprint density at radius 3 is 2.56 bits per heavy atom. The Balaban J connectivity index is 2.71. The van der Waals surface area contributed by atoms with Crippen molar-refractivity contribution in [2.75, 3.05) is 14.2 Å². The third kappa shape index (κ3) is 3.25. The van der Waals surface area contributed by atoms with E-state index < -0.39 is 0 Å². The molecule has 0 atom stereocenters. The summed E-state index contributed by atoms with van der Waals surface area (Å²) in [5, 5.41) is 3.33. The topological polar surface area (TPSA) is 68.5 Å². The van der Waals surface area contributed by atoms with Crippen LogP contribution >= 0.6 is 12.2 Å². The first-order valence-corrected chi connectivity index (χ1v) is 5.07. The van der Waals surface area contributed by atoms with E-state index in [1.165, 1.54) is 0 Å². The molecule has 0 bridgehead atoms. The SMILES string of the molecule is COc1ccc(CNC(=S)NN)cc1OC. The van der Waals surface area contributed by atoms with Crippen molar-refractivity contribution in [1.29, 1.82) is 0 Å². The van der Waals surface area contributed by atoms with Crippen LogP contribution in [0.1, 0.15) is 5.56 Å². The molecule has 0 aliphatic rings. The predicted octanol–water partition coefficient (Wildman–Crippen LogP) is 0.542. The summed E-state index contributed by atoms with van der Waals surface area (Å²) in [6, 6.07) is 5.65. The molecule has 0 amide bonds. The molecule has 0 saturated heterocycles. The highest BCUT2D eigenvalue weighted by atomic mass is 32.1. The molecule has 0 aliphatic carbocycles. The zero-order chi connectivity index (χ0) is 12.0. The number of hydrogen-bond donors (Lipinski definition) is 3. The highest BCUT2D eigenvalue weighted by molar-refractivity contribution is 7.80. The molecule has 0 aliphatic heterocycles. The van der Waals surface area contributed by atoms with Gasteiger partial charge in [-0.25, -0.2) is 5.84 Å². The second-order valence-corrected chi connectivity index (χ2v) is 3.42. The summed E-state index contributed by atoms with van der Waals surface area (Å²) < 4.78 is 10.3. The lowest BCUT2D eigenvalue weighted by Gasteiger charge is -2.10. The van der Waals surface area contributed by atoms with Crippen molar-refractivity contribution in [3.05, 3.63) is 23.8 Å². The van der Waals surface area contributed by atoms with Gasteiger partial charge in [0.15, 0.2) is 16.6 Å². The number of thiocarbonyl (C=S) groups is 1. The van der Waals surface area contributed by atoms with Crippen LogP contribution in [0, 0.1) is 0 Å². The van der Waals surface area contributed by atoms with Crippen molar-refractivity contribution in [1.82, 2.24) is 10.7 Å². The summed E-state index contributed by atoms with van der Waals surface area (Å²) in [6.45, 7) is 0.573. The first kappa shape index (κ1) is 12.5. The van der Waals surface area contributed by atoms with Crippen molar-refractivity contribution in [2.45, 2.75) is 6.54 Å². The molecule has 6 heteroatoms. The molecule has 5 nitrogen and oxygen atoms in total. The Morgan fingerprint density at radius 1 is 1.31 bits per heavy atom. The molecular weight excluding hydrogens is 226 g/mol. The van der Waals surface area contributed by atoms with Gasteiger partial charge in [0.05, 0.1) is 14.2 Å². The third-order valence-corrected chi connectivity index (χ3v) is 2.29. The molecule has 16 heavy (non-hydrogen) atoms. The van der Waals surface area contributed by atoms with E-state index in [2.05, 4.69) is 10.7 Å². The summed E-state index contributed by atoms with van der Waals surface area (Å²) in [4.78, 5) is 0. The molecule has 0 saturated carbocycles. The normalized spacial score (nSPS) is 9.44. The summed E-state index contributed by atoms with van der Waals surface area (Å²) >= 11 is 4.86. The Hall–Kier alpha value is -1.53. The highest BCUT2D eigenvalue weighted by Gasteiger charge is 2.04. The Labute approximate surface area is 99.9 Å². The molecule has 1 rings (SSSR count). The number of hydrogen-bond acceptors (Lipinski definition) is 4. The molecule has 1 aromatic rings. The second-order valence-electron chi connectivity index (χ2n) is 3.02. The minimum absolute atomic E-state index is 0.398. The Morgan fingerprint density at radius 2 is 2.00 bits per heavy atom. The number of ether oxygens (including phenoxy) is 2. The van der Waals surface area contributed by atoms with E-state index in [0.717, 1.165) is 5.56 Å². The fraction of sp³-hybridized carbons (Fsp3) is 0.300. The average molecular weight is 241 g/mol. The molecule has 0 aromatic heterocycles. The van der Waals surface area contributed by atoms with E-state index in [1.54, 1.807) is 14.2 Å². The largest absolute Gasteiger partial charge is 0.493 e. The van der Waals surface area contributed by atoms with Gasteiger partial charge >= 0.3 is 0 Å². The number of benzene rings is 1. The lowest BCUT2D eigenvalue weighted by molar-refractivity contribution is 0.354. The maximum atomic E-state index is 5.18. The van der Waals surface area contributed by atoms with Crippen LogP contribution in [0.4, 0.5) is 0 Å². The lowest BCUT2D eigenvalue weighted by Crippen LogP contribution is -2.39. The highest BCUT2D eigenvalue weighted by Crippen LogP contribution is 2.27. The molecule has 88 valence electrons. The first-order valence-electron chi connectivity index (χ1n) is 4.66. The summed E-state index contributed by atoms with van der Waals surface area (Å²) in [5.41, 5.74) is 3.37. The molecular formula is C10H15N3O2S. The van der Waals surface area contributed by atoms with Crippen molar-refractivity contribution in [3.8, 4) is 11.5 Å². The van der Waals surface area contributed by atoms with Crippen LogP contribution in [-0.4, -0.2) is 19.3 Å². The number of hydrazine groups is 1. The molecule has 0 fully saturated rings. The predicted molar refractivity (Wildman–Crippen MR) is 66.3 cm³/mol. The van der Waals surface area contributed by atoms with Crippen molar-refractivity contribution < 1.29 is 9.47 Å². The summed E-state index contributed by atoms with van der Waals surface area (Å²) in [7, 11) is 3.20. The van der Waals surface area contributed by atoms with Crippen molar-refractivity contribution >= 4 is 17.3 Å². The molecule has 4 N–H and O–H groups in total. The van der Waals surface area contributed by atoms with Gasteiger partial charge < -0.3 is 20.2 Å². The minimum Gasteiger partial charge on any atom is -0.493 e. The van der Waals surface area contributed by atoms with Gasteiger partial charge in [0.1, 0.15) is 0 Å². The van der Waals surface area contributed by atoms with E-state index in [9.17, 15) is 0 Å². The van der Waals surface area contributed by atoms with Crippen LogP contribution in [0.15, 0.2) is 18.2 Å². The Kier molecular flexibility index (Phi) is 4.81.